The first-order chi connectivity index (χ1) is 21.6. The molecule has 3 aromatic heterocycles. The Bertz CT molecular complexity index is 1660. The van der Waals surface area contributed by atoms with Gasteiger partial charge in [0, 0.05) is 92.9 Å². The molecular weight excluding hydrogens is 550 g/mol. The summed E-state index contributed by atoms with van der Waals surface area (Å²) < 4.78 is 7.91. The Morgan fingerprint density at radius 3 is 2.59 bits per heavy atom. The van der Waals surface area contributed by atoms with Gasteiger partial charge in [-0.3, -0.25) is 14.5 Å². The van der Waals surface area contributed by atoms with Crippen molar-refractivity contribution in [2.24, 2.45) is 11.8 Å². The summed E-state index contributed by atoms with van der Waals surface area (Å²) in [5.41, 5.74) is 6.42. The second kappa shape index (κ2) is 11.6. The molecule has 1 aromatic carbocycles. The van der Waals surface area contributed by atoms with Crippen LogP contribution in [0, 0.1) is 11.8 Å². The lowest BCUT2D eigenvalue weighted by Crippen LogP contribution is -2.52. The first-order valence-electron chi connectivity index (χ1n) is 16.4. The van der Waals surface area contributed by atoms with E-state index in [1.807, 2.05) is 17.3 Å². The van der Waals surface area contributed by atoms with Gasteiger partial charge in [0.2, 0.25) is 5.91 Å². The molecule has 0 radical (unpaired) electrons. The first kappa shape index (κ1) is 27.7. The molecule has 1 N–H and O–H groups in total. The zero-order valence-corrected chi connectivity index (χ0v) is 25.5. The summed E-state index contributed by atoms with van der Waals surface area (Å²) in [6.45, 7) is 9.08. The maximum Gasteiger partial charge on any atom is 0.219 e. The van der Waals surface area contributed by atoms with Gasteiger partial charge < -0.3 is 19.9 Å². The molecule has 0 saturated carbocycles. The maximum absolute atomic E-state index is 12.4. The molecule has 9 nitrogen and oxygen atoms in total. The monoisotopic (exact) mass is 591 g/mol. The number of nitrogens with one attached hydrogen (secondary N) is 1. The zero-order valence-electron chi connectivity index (χ0n) is 25.5. The molecule has 3 fully saturated rings. The minimum Gasteiger partial charge on any atom is -0.381 e. The van der Waals surface area contributed by atoms with E-state index in [9.17, 15) is 4.79 Å². The van der Waals surface area contributed by atoms with Crippen LogP contribution in [0.5, 0.6) is 0 Å². The number of hydrogen-bond donors (Lipinski definition) is 1. The van der Waals surface area contributed by atoms with Crippen molar-refractivity contribution in [3.63, 3.8) is 0 Å². The second-order valence-corrected chi connectivity index (χ2v) is 13.0. The summed E-state index contributed by atoms with van der Waals surface area (Å²) in [6.07, 6.45) is 9.31. The largest absolute Gasteiger partial charge is 0.381 e. The van der Waals surface area contributed by atoms with Gasteiger partial charge in [-0.2, -0.15) is 5.10 Å². The molecule has 0 bridgehead atoms. The number of piperidine rings is 1. The molecule has 0 atom stereocenters. The molecule has 0 spiro atoms. The fourth-order valence-electron chi connectivity index (χ4n) is 7.74. The van der Waals surface area contributed by atoms with Crippen LogP contribution in [0.3, 0.4) is 0 Å². The van der Waals surface area contributed by atoms with Gasteiger partial charge in [-0.05, 0) is 74.2 Å². The summed E-state index contributed by atoms with van der Waals surface area (Å²) in [7, 11) is 0. The minimum atomic E-state index is 0.111. The molecule has 228 valence electrons. The van der Waals surface area contributed by atoms with Gasteiger partial charge in [-0.1, -0.05) is 18.2 Å². The number of pyridine rings is 2. The van der Waals surface area contributed by atoms with Crippen molar-refractivity contribution >= 4 is 22.5 Å². The highest BCUT2D eigenvalue weighted by Crippen LogP contribution is 2.38. The van der Waals surface area contributed by atoms with Crippen molar-refractivity contribution in [3.05, 3.63) is 60.0 Å². The van der Waals surface area contributed by atoms with Crippen LogP contribution in [0.25, 0.3) is 33.3 Å². The van der Waals surface area contributed by atoms with Crippen LogP contribution in [0.2, 0.25) is 0 Å². The van der Waals surface area contributed by atoms with Crippen molar-refractivity contribution in [2.45, 2.75) is 51.6 Å². The Balaban J connectivity index is 1.07. The molecule has 4 aromatic rings. The Morgan fingerprint density at radius 2 is 1.82 bits per heavy atom. The molecule has 7 heterocycles. The Morgan fingerprint density at radius 1 is 0.977 bits per heavy atom. The van der Waals surface area contributed by atoms with Crippen LogP contribution in [-0.4, -0.2) is 76.5 Å². The lowest BCUT2D eigenvalue weighted by Gasteiger charge is -2.45. The number of amides is 1. The Kier molecular flexibility index (Phi) is 7.30. The van der Waals surface area contributed by atoms with Gasteiger partial charge in [0.1, 0.15) is 5.82 Å². The number of rotatable bonds is 5. The summed E-state index contributed by atoms with van der Waals surface area (Å²) in [4.78, 5) is 26.5. The van der Waals surface area contributed by atoms with E-state index in [0.717, 1.165) is 116 Å². The van der Waals surface area contributed by atoms with E-state index in [0.29, 0.717) is 12.6 Å². The summed E-state index contributed by atoms with van der Waals surface area (Å²) in [5.74, 6) is 2.83. The fourth-order valence-corrected chi connectivity index (χ4v) is 7.74. The predicted octanol–water partition coefficient (Wildman–Crippen LogP) is 4.85. The maximum atomic E-state index is 12.4. The van der Waals surface area contributed by atoms with Crippen LogP contribution >= 0.6 is 0 Å². The van der Waals surface area contributed by atoms with E-state index >= 15 is 0 Å². The van der Waals surface area contributed by atoms with Crippen molar-refractivity contribution < 1.29 is 9.53 Å². The molecule has 44 heavy (non-hydrogen) atoms. The van der Waals surface area contributed by atoms with Crippen molar-refractivity contribution in [1.82, 2.24) is 30.0 Å². The molecule has 0 unspecified atom stereocenters. The van der Waals surface area contributed by atoms with E-state index in [4.69, 9.17) is 19.8 Å². The normalized spacial score (nSPS) is 20.1. The topological polar surface area (TPSA) is 88.4 Å². The average Bonchev–Trinajstić information content (AvgIpc) is 3.43. The van der Waals surface area contributed by atoms with Crippen LogP contribution in [0.15, 0.2) is 48.8 Å². The van der Waals surface area contributed by atoms with Crippen molar-refractivity contribution in [3.8, 4) is 22.5 Å². The van der Waals surface area contributed by atoms with E-state index in [-0.39, 0.29) is 5.91 Å². The highest BCUT2D eigenvalue weighted by molar-refractivity contribution is 5.97. The third-order valence-corrected chi connectivity index (χ3v) is 10.4. The smallest absolute Gasteiger partial charge is 0.219 e. The fraction of sp³-hybridized carbons (Fsp3) is 0.486. The van der Waals surface area contributed by atoms with Gasteiger partial charge in [0.25, 0.3) is 0 Å². The summed E-state index contributed by atoms with van der Waals surface area (Å²) in [6, 6.07) is 13.2. The third-order valence-electron chi connectivity index (χ3n) is 10.4. The molecule has 3 saturated heterocycles. The van der Waals surface area contributed by atoms with E-state index < -0.39 is 0 Å². The van der Waals surface area contributed by atoms with Gasteiger partial charge in [-0.25, -0.2) is 4.98 Å². The number of carbonyl (C=O) groups is 1. The number of aromatic nitrogens is 4. The number of nitrogens with zero attached hydrogens (tertiary/aromatic N) is 6. The number of hydrogen-bond acceptors (Lipinski definition) is 7. The number of carbonyl (C=O) groups excluding carboxylic acids is 1. The SMILES string of the molecule is CC(=O)N1CCc2c(c(-c3cccc4cc(-c5ccc(N6CC(C7CCNCC7)C6)nc5)ncc34)nn2C2CCOCC2)C1. The second-order valence-electron chi connectivity index (χ2n) is 13.0. The van der Waals surface area contributed by atoms with Crippen LogP contribution in [-0.2, 0) is 22.5 Å². The lowest BCUT2D eigenvalue weighted by atomic mass is 9.80. The number of benzene rings is 1. The summed E-state index contributed by atoms with van der Waals surface area (Å²) in [5, 5.41) is 10.9. The zero-order chi connectivity index (χ0) is 29.6. The van der Waals surface area contributed by atoms with E-state index in [2.05, 4.69) is 51.3 Å². The molecule has 4 aliphatic heterocycles. The quantitative estimate of drug-likeness (QED) is 0.355. The first-order valence-corrected chi connectivity index (χ1v) is 16.4. The predicted molar refractivity (Wildman–Crippen MR) is 171 cm³/mol. The third kappa shape index (κ3) is 5.06. The summed E-state index contributed by atoms with van der Waals surface area (Å²) >= 11 is 0. The lowest BCUT2D eigenvalue weighted by molar-refractivity contribution is -0.129. The number of anilines is 1. The highest BCUT2D eigenvalue weighted by atomic mass is 16.5. The molecule has 0 aliphatic carbocycles. The Labute approximate surface area is 258 Å². The standard InChI is InChI=1S/C35H41N7O2/c1-23(43)40-14-9-33-31(22-40)35(39-42(33)28-10-15-44-16-11-28)29-4-2-3-25-17-32(37-19-30(25)29)26-5-6-34(38-18-26)41-20-27(21-41)24-7-12-36-13-8-24/h2-6,17-19,24,27-28,36H,7-16,20-22H2,1H3. The van der Waals surface area contributed by atoms with Crippen LogP contribution in [0.4, 0.5) is 5.82 Å². The highest BCUT2D eigenvalue weighted by Gasteiger charge is 2.35. The molecule has 8 rings (SSSR count). The molecule has 9 heteroatoms. The average molecular weight is 592 g/mol. The van der Waals surface area contributed by atoms with E-state index in [1.165, 1.54) is 24.1 Å². The molecule has 1 amide bonds. The van der Waals surface area contributed by atoms with Gasteiger partial charge in [-0.15, -0.1) is 0 Å². The Hall–Kier alpha value is -3.82. The molecule has 4 aliphatic rings. The number of ether oxygens (including phenoxy) is 1. The van der Waals surface area contributed by atoms with Gasteiger partial charge >= 0.3 is 0 Å². The van der Waals surface area contributed by atoms with Crippen molar-refractivity contribution in [1.29, 1.82) is 0 Å². The minimum absolute atomic E-state index is 0.111. The van der Waals surface area contributed by atoms with Crippen LogP contribution < -0.4 is 10.2 Å². The van der Waals surface area contributed by atoms with Gasteiger partial charge in [0.05, 0.1) is 17.4 Å². The molecular formula is C35H41N7O2. The van der Waals surface area contributed by atoms with Gasteiger partial charge in [0.15, 0.2) is 0 Å². The van der Waals surface area contributed by atoms with Crippen molar-refractivity contribution in [2.75, 3.05) is 50.8 Å². The number of fused-ring (bicyclic) bond motifs is 2. The van der Waals surface area contributed by atoms with Crippen LogP contribution in [0.1, 0.15) is 49.9 Å². The van der Waals surface area contributed by atoms with E-state index in [1.54, 1.807) is 6.92 Å².